The van der Waals surface area contributed by atoms with Crippen molar-refractivity contribution in [3.05, 3.63) is 27.3 Å². The summed E-state index contributed by atoms with van der Waals surface area (Å²) in [5.41, 5.74) is 0.682. The second-order valence-electron chi connectivity index (χ2n) is 4.16. The van der Waals surface area contributed by atoms with Crippen LogP contribution in [0.1, 0.15) is 23.2 Å². The Morgan fingerprint density at radius 3 is 2.69 bits per heavy atom. The lowest BCUT2D eigenvalue weighted by Crippen LogP contribution is -2.21. The Labute approximate surface area is 109 Å². The molecule has 4 heteroatoms. The predicted molar refractivity (Wildman–Crippen MR) is 70.8 cm³/mol. The van der Waals surface area contributed by atoms with Crippen LogP contribution in [-0.2, 0) is 0 Å². The Bertz CT molecular complexity index is 413. The maximum atomic E-state index is 11.8. The van der Waals surface area contributed by atoms with Gasteiger partial charge >= 0.3 is 0 Å². The van der Waals surface area contributed by atoms with Crippen molar-refractivity contribution in [2.75, 3.05) is 14.1 Å². The summed E-state index contributed by atoms with van der Waals surface area (Å²) in [6, 6.07) is 5.60. The van der Waals surface area contributed by atoms with E-state index in [1.54, 1.807) is 19.0 Å². The van der Waals surface area contributed by atoms with Crippen molar-refractivity contribution < 1.29 is 9.53 Å². The van der Waals surface area contributed by atoms with E-state index in [0.29, 0.717) is 11.7 Å². The quantitative estimate of drug-likeness (QED) is 0.797. The summed E-state index contributed by atoms with van der Waals surface area (Å²) < 4.78 is 6.80. The highest BCUT2D eigenvalue weighted by Gasteiger charge is 2.24. The molecule has 0 aromatic heterocycles. The Morgan fingerprint density at radius 1 is 1.44 bits per heavy atom. The first-order valence-corrected chi connectivity index (χ1v) is 6.33. The lowest BCUT2D eigenvalue weighted by atomic mass is 10.2. The van der Waals surface area contributed by atoms with Gasteiger partial charge in [-0.05, 0) is 53.6 Å². The Morgan fingerprint density at radius 2 is 2.12 bits per heavy atom. The largest absolute Gasteiger partial charge is 0.489 e. The second kappa shape index (κ2) is 4.61. The number of ether oxygens (including phenoxy) is 1. The molecule has 1 fully saturated rings. The molecule has 1 aliphatic rings. The zero-order valence-electron chi connectivity index (χ0n) is 9.37. The first-order chi connectivity index (χ1) is 7.58. The van der Waals surface area contributed by atoms with Gasteiger partial charge in [-0.3, -0.25) is 4.79 Å². The van der Waals surface area contributed by atoms with Gasteiger partial charge in [-0.2, -0.15) is 0 Å². The average Bonchev–Trinajstić information content (AvgIpc) is 3.04. The molecule has 1 saturated carbocycles. The molecule has 0 radical (unpaired) electrons. The zero-order chi connectivity index (χ0) is 11.7. The zero-order valence-corrected chi connectivity index (χ0v) is 11.5. The van der Waals surface area contributed by atoms with Gasteiger partial charge in [0.2, 0.25) is 0 Å². The summed E-state index contributed by atoms with van der Waals surface area (Å²) in [4.78, 5) is 13.3. The minimum atomic E-state index is 0.0112. The van der Waals surface area contributed by atoms with Crippen LogP contribution in [0.4, 0.5) is 0 Å². The molecule has 1 amide bonds. The fourth-order valence-electron chi connectivity index (χ4n) is 1.35. The summed E-state index contributed by atoms with van der Waals surface area (Å²) in [6.45, 7) is 0. The maximum absolute atomic E-state index is 11.8. The Kier molecular flexibility index (Phi) is 3.37. The predicted octanol–water partition coefficient (Wildman–Crippen LogP) is 2.53. The van der Waals surface area contributed by atoms with Crippen molar-refractivity contribution in [1.29, 1.82) is 0 Å². The fraction of sp³-hybridized carbons (Fsp3) is 0.417. The van der Waals surface area contributed by atoms with Gasteiger partial charge in [0.1, 0.15) is 5.75 Å². The van der Waals surface area contributed by atoms with Crippen LogP contribution in [-0.4, -0.2) is 31.0 Å². The number of benzene rings is 1. The van der Waals surface area contributed by atoms with Crippen LogP contribution in [0, 0.1) is 3.57 Å². The maximum Gasteiger partial charge on any atom is 0.253 e. The highest BCUT2D eigenvalue weighted by Crippen LogP contribution is 2.30. The molecule has 0 unspecified atom stereocenters. The minimum absolute atomic E-state index is 0.0112. The number of carbonyl (C=O) groups is 1. The summed E-state index contributed by atoms with van der Waals surface area (Å²) in [6.07, 6.45) is 2.61. The van der Waals surface area contributed by atoms with Crippen molar-refractivity contribution >= 4 is 28.5 Å². The third-order valence-corrected chi connectivity index (χ3v) is 3.29. The van der Waals surface area contributed by atoms with E-state index in [0.717, 1.165) is 22.2 Å². The third kappa shape index (κ3) is 2.66. The molecule has 1 aromatic carbocycles. The van der Waals surface area contributed by atoms with Crippen molar-refractivity contribution in [3.8, 4) is 5.75 Å². The number of rotatable bonds is 3. The van der Waals surface area contributed by atoms with Crippen LogP contribution >= 0.6 is 22.6 Å². The summed E-state index contributed by atoms with van der Waals surface area (Å²) >= 11 is 2.23. The second-order valence-corrected chi connectivity index (χ2v) is 5.32. The first-order valence-electron chi connectivity index (χ1n) is 5.26. The number of hydrogen-bond acceptors (Lipinski definition) is 2. The van der Waals surface area contributed by atoms with Crippen LogP contribution in [0.5, 0.6) is 5.75 Å². The van der Waals surface area contributed by atoms with E-state index in [1.165, 1.54) is 0 Å². The van der Waals surface area contributed by atoms with Crippen LogP contribution in [0.3, 0.4) is 0 Å². The van der Waals surface area contributed by atoms with Crippen LogP contribution < -0.4 is 4.74 Å². The lowest BCUT2D eigenvalue weighted by molar-refractivity contribution is 0.0827. The Balaban J connectivity index is 2.23. The molecule has 0 aliphatic heterocycles. The van der Waals surface area contributed by atoms with Crippen molar-refractivity contribution in [1.82, 2.24) is 4.90 Å². The SMILES string of the molecule is CN(C)C(=O)c1ccc(I)c(OC2CC2)c1. The first kappa shape index (κ1) is 11.7. The van der Waals surface area contributed by atoms with E-state index in [4.69, 9.17) is 4.74 Å². The molecule has 0 bridgehead atoms. The van der Waals surface area contributed by atoms with Crippen LogP contribution in [0.15, 0.2) is 18.2 Å². The van der Waals surface area contributed by atoms with E-state index in [9.17, 15) is 4.79 Å². The molecule has 1 aromatic rings. The third-order valence-electron chi connectivity index (χ3n) is 2.40. The topological polar surface area (TPSA) is 29.5 Å². The minimum Gasteiger partial charge on any atom is -0.489 e. The lowest BCUT2D eigenvalue weighted by Gasteiger charge is -2.12. The van der Waals surface area contributed by atoms with Crippen molar-refractivity contribution in [2.24, 2.45) is 0 Å². The molecule has 0 heterocycles. The fourth-order valence-corrected chi connectivity index (χ4v) is 1.81. The highest BCUT2D eigenvalue weighted by molar-refractivity contribution is 14.1. The smallest absolute Gasteiger partial charge is 0.253 e. The number of hydrogen-bond donors (Lipinski definition) is 0. The van der Waals surface area contributed by atoms with E-state index in [-0.39, 0.29) is 5.91 Å². The summed E-state index contributed by atoms with van der Waals surface area (Å²) in [5, 5.41) is 0. The van der Waals surface area contributed by atoms with Gasteiger partial charge in [-0.15, -0.1) is 0 Å². The molecule has 0 N–H and O–H groups in total. The van der Waals surface area contributed by atoms with Gasteiger partial charge in [0.25, 0.3) is 5.91 Å². The number of halogens is 1. The molecule has 0 atom stereocenters. The molecule has 16 heavy (non-hydrogen) atoms. The van der Waals surface area contributed by atoms with E-state index in [1.807, 2.05) is 18.2 Å². The standard InChI is InChI=1S/C12H14INO2/c1-14(2)12(15)8-3-6-10(13)11(7-8)16-9-4-5-9/h3,6-7,9H,4-5H2,1-2H3. The monoisotopic (exact) mass is 331 g/mol. The molecule has 0 saturated heterocycles. The molecule has 0 spiro atoms. The van der Waals surface area contributed by atoms with Gasteiger partial charge in [0.15, 0.2) is 0 Å². The van der Waals surface area contributed by atoms with E-state index >= 15 is 0 Å². The van der Waals surface area contributed by atoms with Crippen molar-refractivity contribution in [3.63, 3.8) is 0 Å². The van der Waals surface area contributed by atoms with E-state index in [2.05, 4.69) is 22.6 Å². The highest BCUT2D eigenvalue weighted by atomic mass is 127. The molecule has 1 aliphatic carbocycles. The van der Waals surface area contributed by atoms with Crippen molar-refractivity contribution in [2.45, 2.75) is 18.9 Å². The van der Waals surface area contributed by atoms with Gasteiger partial charge in [-0.25, -0.2) is 0 Å². The van der Waals surface area contributed by atoms with Gasteiger partial charge < -0.3 is 9.64 Å². The molecule has 2 rings (SSSR count). The summed E-state index contributed by atoms with van der Waals surface area (Å²) in [7, 11) is 3.50. The van der Waals surface area contributed by atoms with Crippen LogP contribution in [0.2, 0.25) is 0 Å². The molecule has 86 valence electrons. The normalized spacial score (nSPS) is 14.7. The van der Waals surface area contributed by atoms with Gasteiger partial charge in [0.05, 0.1) is 9.67 Å². The number of nitrogens with zero attached hydrogens (tertiary/aromatic N) is 1. The average molecular weight is 331 g/mol. The number of carbonyl (C=O) groups excluding carboxylic acids is 1. The van der Waals surface area contributed by atoms with Gasteiger partial charge in [0, 0.05) is 19.7 Å². The molecular formula is C12H14INO2. The number of amides is 1. The van der Waals surface area contributed by atoms with Crippen LogP contribution in [0.25, 0.3) is 0 Å². The summed E-state index contributed by atoms with van der Waals surface area (Å²) in [5.74, 6) is 0.841. The molecular weight excluding hydrogens is 317 g/mol. The molecule has 3 nitrogen and oxygen atoms in total. The van der Waals surface area contributed by atoms with Gasteiger partial charge in [-0.1, -0.05) is 0 Å². The van der Waals surface area contributed by atoms with E-state index < -0.39 is 0 Å². The Hall–Kier alpha value is -0.780.